The molecule has 2 aliphatic rings. The van der Waals surface area contributed by atoms with Gasteiger partial charge in [-0.05, 0) is 49.9 Å². The van der Waals surface area contributed by atoms with Gasteiger partial charge in [-0.2, -0.15) is 0 Å². The lowest BCUT2D eigenvalue weighted by Crippen LogP contribution is -2.49. The Bertz CT molecular complexity index is 604. The van der Waals surface area contributed by atoms with Crippen LogP contribution in [0, 0.1) is 11.7 Å². The summed E-state index contributed by atoms with van der Waals surface area (Å²) < 4.78 is 18.3. The van der Waals surface area contributed by atoms with E-state index in [0.29, 0.717) is 38.0 Å². The Morgan fingerprint density at radius 1 is 1.20 bits per heavy atom. The zero-order valence-corrected chi connectivity index (χ0v) is 14.2. The SMILES string of the molecule is O=C(NCCOc1ccc(F)cc1)C1CCCN(C(=O)NC2CC2)C1. The lowest BCUT2D eigenvalue weighted by Gasteiger charge is -2.32. The molecule has 1 aliphatic carbocycles. The molecule has 0 aromatic heterocycles. The van der Waals surface area contributed by atoms with Crippen molar-refractivity contribution in [3.8, 4) is 5.75 Å². The summed E-state index contributed by atoms with van der Waals surface area (Å²) in [4.78, 5) is 26.1. The summed E-state index contributed by atoms with van der Waals surface area (Å²) in [5.74, 6) is 0.0283. The summed E-state index contributed by atoms with van der Waals surface area (Å²) in [5, 5.41) is 5.82. The number of nitrogens with zero attached hydrogens (tertiary/aromatic N) is 1. The Hall–Kier alpha value is -2.31. The maximum Gasteiger partial charge on any atom is 0.317 e. The third-order valence-electron chi connectivity index (χ3n) is 4.47. The molecular formula is C18H24FN3O3. The molecule has 3 amide bonds. The highest BCUT2D eigenvalue weighted by Crippen LogP contribution is 2.21. The zero-order chi connectivity index (χ0) is 17.6. The molecule has 136 valence electrons. The van der Waals surface area contributed by atoms with E-state index in [4.69, 9.17) is 4.74 Å². The van der Waals surface area contributed by atoms with Gasteiger partial charge in [0.25, 0.3) is 0 Å². The summed E-state index contributed by atoms with van der Waals surface area (Å²) in [6.45, 7) is 1.86. The maximum atomic E-state index is 12.8. The molecule has 0 radical (unpaired) electrons. The average molecular weight is 349 g/mol. The average Bonchev–Trinajstić information content (AvgIpc) is 3.44. The monoisotopic (exact) mass is 349 g/mol. The van der Waals surface area contributed by atoms with E-state index in [9.17, 15) is 14.0 Å². The summed E-state index contributed by atoms with van der Waals surface area (Å²) >= 11 is 0. The van der Waals surface area contributed by atoms with Crippen LogP contribution < -0.4 is 15.4 Å². The number of carbonyl (C=O) groups is 2. The van der Waals surface area contributed by atoms with Crippen LogP contribution in [0.5, 0.6) is 5.75 Å². The summed E-state index contributed by atoms with van der Waals surface area (Å²) in [5.41, 5.74) is 0. The molecule has 1 saturated carbocycles. The van der Waals surface area contributed by atoms with E-state index in [1.54, 1.807) is 17.0 Å². The number of ether oxygens (including phenoxy) is 1. The summed E-state index contributed by atoms with van der Waals surface area (Å²) in [7, 11) is 0. The van der Waals surface area contributed by atoms with Crippen molar-refractivity contribution in [3.63, 3.8) is 0 Å². The van der Waals surface area contributed by atoms with Crippen LogP contribution >= 0.6 is 0 Å². The van der Waals surface area contributed by atoms with E-state index in [2.05, 4.69) is 10.6 Å². The standard InChI is InChI=1S/C18H24FN3O3/c19-14-3-7-16(8-4-14)25-11-9-20-17(23)13-2-1-10-22(12-13)18(24)21-15-5-6-15/h3-4,7-8,13,15H,1-2,5-6,9-12H2,(H,20,23)(H,21,24). The third kappa shape index (κ3) is 5.34. The van der Waals surface area contributed by atoms with Gasteiger partial charge in [-0.3, -0.25) is 4.79 Å². The van der Waals surface area contributed by atoms with E-state index in [1.807, 2.05) is 0 Å². The summed E-state index contributed by atoms with van der Waals surface area (Å²) in [6, 6.07) is 6.03. The van der Waals surface area contributed by atoms with Gasteiger partial charge in [-0.1, -0.05) is 0 Å². The fraction of sp³-hybridized carbons (Fsp3) is 0.556. The molecule has 2 N–H and O–H groups in total. The highest BCUT2D eigenvalue weighted by molar-refractivity contribution is 5.81. The van der Waals surface area contributed by atoms with Gasteiger partial charge in [0.05, 0.1) is 12.5 Å². The molecule has 2 fully saturated rings. The minimum Gasteiger partial charge on any atom is -0.492 e. The lowest BCUT2D eigenvalue weighted by molar-refractivity contribution is -0.126. The lowest BCUT2D eigenvalue weighted by atomic mass is 9.97. The van der Waals surface area contributed by atoms with Crippen LogP contribution in [-0.4, -0.2) is 49.1 Å². The first kappa shape index (κ1) is 17.5. The molecule has 1 aliphatic heterocycles. The molecule has 1 aromatic carbocycles. The van der Waals surface area contributed by atoms with Gasteiger partial charge in [-0.25, -0.2) is 9.18 Å². The number of hydrogen-bond acceptors (Lipinski definition) is 3. The molecule has 1 heterocycles. The first-order chi connectivity index (χ1) is 12.1. The molecule has 25 heavy (non-hydrogen) atoms. The Balaban J connectivity index is 1.36. The van der Waals surface area contributed by atoms with E-state index in [0.717, 1.165) is 25.7 Å². The molecule has 1 atom stereocenters. The molecule has 3 rings (SSSR count). The molecule has 1 aromatic rings. The minimum absolute atomic E-state index is 0.0494. The minimum atomic E-state index is -0.312. The maximum absolute atomic E-state index is 12.8. The highest BCUT2D eigenvalue weighted by Gasteiger charge is 2.31. The van der Waals surface area contributed by atoms with Gasteiger partial charge in [0, 0.05) is 19.1 Å². The van der Waals surface area contributed by atoms with E-state index in [-0.39, 0.29) is 23.7 Å². The third-order valence-corrected chi connectivity index (χ3v) is 4.47. The van der Waals surface area contributed by atoms with Crippen LogP contribution in [0.4, 0.5) is 9.18 Å². The van der Waals surface area contributed by atoms with Crippen LogP contribution in [0.2, 0.25) is 0 Å². The van der Waals surface area contributed by atoms with Gasteiger partial charge >= 0.3 is 6.03 Å². The number of halogens is 1. The number of rotatable bonds is 6. The molecule has 0 bridgehead atoms. The molecule has 1 unspecified atom stereocenters. The van der Waals surface area contributed by atoms with Crippen LogP contribution in [0.15, 0.2) is 24.3 Å². The van der Waals surface area contributed by atoms with Gasteiger partial charge in [0.1, 0.15) is 18.2 Å². The van der Waals surface area contributed by atoms with Crippen molar-refractivity contribution in [2.75, 3.05) is 26.2 Å². The number of benzene rings is 1. The highest BCUT2D eigenvalue weighted by atomic mass is 19.1. The second kappa shape index (κ2) is 8.18. The first-order valence-electron chi connectivity index (χ1n) is 8.83. The zero-order valence-electron chi connectivity index (χ0n) is 14.2. The Kier molecular flexibility index (Phi) is 5.73. The molecule has 1 saturated heterocycles. The predicted octanol–water partition coefficient (Wildman–Crippen LogP) is 1.90. The van der Waals surface area contributed by atoms with Crippen molar-refractivity contribution in [2.24, 2.45) is 5.92 Å². The molecule has 6 nitrogen and oxygen atoms in total. The Morgan fingerprint density at radius 3 is 2.68 bits per heavy atom. The van der Waals surface area contributed by atoms with Crippen molar-refractivity contribution in [1.29, 1.82) is 0 Å². The Morgan fingerprint density at radius 2 is 1.96 bits per heavy atom. The van der Waals surface area contributed by atoms with Crippen molar-refractivity contribution in [1.82, 2.24) is 15.5 Å². The second-order valence-electron chi connectivity index (χ2n) is 6.60. The van der Waals surface area contributed by atoms with Crippen molar-refractivity contribution < 1.29 is 18.7 Å². The number of likely N-dealkylation sites (tertiary alicyclic amines) is 1. The molecule has 0 spiro atoms. The predicted molar refractivity (Wildman–Crippen MR) is 90.8 cm³/mol. The number of amides is 3. The number of nitrogens with one attached hydrogen (secondary N) is 2. The largest absolute Gasteiger partial charge is 0.492 e. The van der Waals surface area contributed by atoms with Gasteiger partial charge < -0.3 is 20.3 Å². The van der Waals surface area contributed by atoms with Crippen LogP contribution in [0.3, 0.4) is 0 Å². The normalized spacial score (nSPS) is 20.0. The number of urea groups is 1. The second-order valence-corrected chi connectivity index (χ2v) is 6.60. The van der Waals surface area contributed by atoms with Crippen LogP contribution in [0.25, 0.3) is 0 Å². The van der Waals surface area contributed by atoms with Crippen molar-refractivity contribution >= 4 is 11.9 Å². The van der Waals surface area contributed by atoms with Gasteiger partial charge in [0.2, 0.25) is 5.91 Å². The van der Waals surface area contributed by atoms with E-state index in [1.165, 1.54) is 12.1 Å². The molecule has 7 heteroatoms. The fourth-order valence-corrected chi connectivity index (χ4v) is 2.89. The van der Waals surface area contributed by atoms with Crippen LogP contribution in [-0.2, 0) is 4.79 Å². The number of hydrogen-bond donors (Lipinski definition) is 2. The number of piperidine rings is 1. The first-order valence-corrected chi connectivity index (χ1v) is 8.83. The van der Waals surface area contributed by atoms with Crippen molar-refractivity contribution in [3.05, 3.63) is 30.1 Å². The quantitative estimate of drug-likeness (QED) is 0.771. The van der Waals surface area contributed by atoms with Gasteiger partial charge in [-0.15, -0.1) is 0 Å². The van der Waals surface area contributed by atoms with E-state index < -0.39 is 0 Å². The topological polar surface area (TPSA) is 70.7 Å². The molecular weight excluding hydrogens is 325 g/mol. The number of carbonyl (C=O) groups excluding carboxylic acids is 2. The summed E-state index contributed by atoms with van der Waals surface area (Å²) in [6.07, 6.45) is 3.73. The smallest absolute Gasteiger partial charge is 0.317 e. The van der Waals surface area contributed by atoms with Crippen LogP contribution in [0.1, 0.15) is 25.7 Å². The Labute approximate surface area is 146 Å². The van der Waals surface area contributed by atoms with E-state index >= 15 is 0 Å². The van der Waals surface area contributed by atoms with Crippen molar-refractivity contribution in [2.45, 2.75) is 31.7 Å². The fourth-order valence-electron chi connectivity index (χ4n) is 2.89. The van der Waals surface area contributed by atoms with Gasteiger partial charge in [0.15, 0.2) is 0 Å².